The SMILES string of the molecule is CCC(C)OC(=O)C(=CNN(C)C(=O)OC(C)(C)C)C(=O)C(=O)O. The lowest BCUT2D eigenvalue weighted by Gasteiger charge is -2.24. The molecule has 0 rings (SSSR count). The molecule has 24 heavy (non-hydrogen) atoms. The van der Waals surface area contributed by atoms with Gasteiger partial charge in [-0.2, -0.15) is 0 Å². The Balaban J connectivity index is 5.19. The molecular weight excluding hydrogens is 320 g/mol. The highest BCUT2D eigenvalue weighted by Crippen LogP contribution is 2.09. The van der Waals surface area contributed by atoms with Crippen LogP contribution in [-0.4, -0.2) is 52.7 Å². The molecule has 2 N–H and O–H groups in total. The number of carbonyl (C=O) groups excluding carboxylic acids is 3. The Kier molecular flexibility index (Phi) is 7.94. The van der Waals surface area contributed by atoms with Gasteiger partial charge >= 0.3 is 18.0 Å². The fraction of sp³-hybridized carbons (Fsp3) is 0.600. The number of carboxylic acids is 1. The molecule has 0 heterocycles. The molecule has 0 fully saturated rings. The molecule has 0 saturated heterocycles. The summed E-state index contributed by atoms with van der Waals surface area (Å²) in [5.41, 5.74) is 0.843. The molecule has 0 radical (unpaired) electrons. The Hall–Kier alpha value is -2.58. The standard InChI is InChI=1S/C15H24N2O7/c1-7-9(2)23-13(21)10(11(18)12(19)20)8-16-17(6)14(22)24-15(3,4)5/h8-9,16H,7H2,1-6H3,(H,19,20). The molecule has 0 aliphatic carbocycles. The number of Topliss-reactive ketones (excluding diaryl/α,β-unsaturated/α-hetero) is 1. The van der Waals surface area contributed by atoms with Crippen molar-refractivity contribution < 1.29 is 33.8 Å². The lowest BCUT2D eigenvalue weighted by Crippen LogP contribution is -2.41. The number of amides is 1. The fourth-order valence-electron chi connectivity index (χ4n) is 1.21. The van der Waals surface area contributed by atoms with Crippen molar-refractivity contribution in [2.24, 2.45) is 0 Å². The van der Waals surface area contributed by atoms with Crippen molar-refractivity contribution in [1.82, 2.24) is 10.4 Å². The van der Waals surface area contributed by atoms with E-state index in [1.54, 1.807) is 34.6 Å². The first-order valence-electron chi connectivity index (χ1n) is 7.30. The number of hydrogen-bond acceptors (Lipinski definition) is 7. The first kappa shape index (κ1) is 21.4. The van der Waals surface area contributed by atoms with Gasteiger partial charge in [0, 0.05) is 13.2 Å². The summed E-state index contributed by atoms with van der Waals surface area (Å²) in [7, 11) is 1.29. The van der Waals surface area contributed by atoms with Gasteiger partial charge in [-0.05, 0) is 34.1 Å². The van der Waals surface area contributed by atoms with Gasteiger partial charge in [0.05, 0.1) is 6.10 Å². The minimum atomic E-state index is -1.82. The van der Waals surface area contributed by atoms with Gasteiger partial charge in [-0.1, -0.05) is 6.92 Å². The molecule has 0 saturated carbocycles. The molecule has 9 nitrogen and oxygen atoms in total. The van der Waals surface area contributed by atoms with Crippen LogP contribution in [0.15, 0.2) is 11.8 Å². The number of rotatable bonds is 7. The predicted molar refractivity (Wildman–Crippen MR) is 83.7 cm³/mol. The summed E-state index contributed by atoms with van der Waals surface area (Å²) >= 11 is 0. The summed E-state index contributed by atoms with van der Waals surface area (Å²) in [6, 6.07) is 0. The van der Waals surface area contributed by atoms with E-state index >= 15 is 0 Å². The Morgan fingerprint density at radius 2 is 1.79 bits per heavy atom. The topological polar surface area (TPSA) is 122 Å². The van der Waals surface area contributed by atoms with E-state index in [1.807, 2.05) is 0 Å². The second-order valence-electron chi connectivity index (χ2n) is 5.98. The summed E-state index contributed by atoms with van der Waals surface area (Å²) in [4.78, 5) is 46.1. The molecule has 0 aromatic carbocycles. The van der Waals surface area contributed by atoms with E-state index in [4.69, 9.17) is 14.6 Å². The Labute approximate surface area is 140 Å². The van der Waals surface area contributed by atoms with Gasteiger partial charge in [-0.3, -0.25) is 10.2 Å². The molecule has 1 unspecified atom stereocenters. The van der Waals surface area contributed by atoms with Crippen LogP contribution >= 0.6 is 0 Å². The average Bonchev–Trinajstić information content (AvgIpc) is 2.44. The number of ketones is 1. The highest BCUT2D eigenvalue weighted by Gasteiger charge is 2.27. The van der Waals surface area contributed by atoms with Crippen molar-refractivity contribution in [3.05, 3.63) is 11.8 Å². The summed E-state index contributed by atoms with van der Waals surface area (Å²) in [5.74, 6) is -4.36. The number of aliphatic carboxylic acids is 1. The summed E-state index contributed by atoms with van der Waals surface area (Å²) < 4.78 is 10.0. The van der Waals surface area contributed by atoms with E-state index in [2.05, 4.69) is 5.43 Å². The lowest BCUT2D eigenvalue weighted by atomic mass is 10.2. The van der Waals surface area contributed by atoms with Crippen molar-refractivity contribution in [1.29, 1.82) is 0 Å². The second kappa shape index (κ2) is 8.90. The third-order valence-electron chi connectivity index (χ3n) is 2.61. The summed E-state index contributed by atoms with van der Waals surface area (Å²) in [6.07, 6.45) is 0.0126. The second-order valence-corrected chi connectivity index (χ2v) is 5.98. The third kappa shape index (κ3) is 7.61. The minimum Gasteiger partial charge on any atom is -0.475 e. The molecule has 0 spiro atoms. The number of carboxylic acid groups (broad SMARTS) is 1. The molecule has 136 valence electrons. The van der Waals surface area contributed by atoms with Crippen LogP contribution in [0.2, 0.25) is 0 Å². The van der Waals surface area contributed by atoms with Crippen LogP contribution in [0.4, 0.5) is 4.79 Å². The Morgan fingerprint density at radius 3 is 2.21 bits per heavy atom. The first-order chi connectivity index (χ1) is 10.9. The van der Waals surface area contributed by atoms with Crippen LogP contribution < -0.4 is 5.43 Å². The molecule has 9 heteroatoms. The van der Waals surface area contributed by atoms with E-state index in [0.717, 1.165) is 11.2 Å². The van der Waals surface area contributed by atoms with Crippen LogP contribution in [0.25, 0.3) is 0 Å². The summed E-state index contributed by atoms with van der Waals surface area (Å²) in [5, 5.41) is 9.65. The Bertz CT molecular complexity index is 534. The van der Waals surface area contributed by atoms with Crippen LogP contribution in [0.3, 0.4) is 0 Å². The molecular formula is C15H24N2O7. The molecule has 0 aliphatic heterocycles. The number of hydrogen-bond donors (Lipinski definition) is 2. The van der Waals surface area contributed by atoms with Crippen molar-refractivity contribution in [2.45, 2.75) is 52.7 Å². The quantitative estimate of drug-likeness (QED) is 0.177. The zero-order chi connectivity index (χ0) is 19.1. The maximum Gasteiger partial charge on any atom is 0.428 e. The number of carbonyl (C=O) groups is 4. The van der Waals surface area contributed by atoms with Crippen LogP contribution in [0.5, 0.6) is 0 Å². The van der Waals surface area contributed by atoms with Gasteiger partial charge in [0.25, 0.3) is 5.78 Å². The third-order valence-corrected chi connectivity index (χ3v) is 2.61. The van der Waals surface area contributed by atoms with E-state index in [9.17, 15) is 19.2 Å². The van der Waals surface area contributed by atoms with E-state index < -0.39 is 41.1 Å². The molecule has 0 bridgehead atoms. The first-order valence-corrected chi connectivity index (χ1v) is 7.30. The highest BCUT2D eigenvalue weighted by atomic mass is 16.6. The molecule has 1 atom stereocenters. The number of hydrazine groups is 1. The normalized spacial score (nSPS) is 12.8. The molecule has 1 amide bonds. The van der Waals surface area contributed by atoms with E-state index in [0.29, 0.717) is 6.42 Å². The number of nitrogens with zero attached hydrogens (tertiary/aromatic N) is 1. The zero-order valence-electron chi connectivity index (χ0n) is 14.7. The van der Waals surface area contributed by atoms with Gasteiger partial charge in [0.1, 0.15) is 11.2 Å². The average molecular weight is 344 g/mol. The van der Waals surface area contributed by atoms with E-state index in [-0.39, 0.29) is 0 Å². The highest BCUT2D eigenvalue weighted by molar-refractivity contribution is 6.45. The minimum absolute atomic E-state index is 0.492. The number of nitrogens with one attached hydrogen (secondary N) is 1. The van der Waals surface area contributed by atoms with Crippen molar-refractivity contribution in [3.63, 3.8) is 0 Å². The molecule has 0 aromatic rings. The van der Waals surface area contributed by atoms with Crippen LogP contribution in [0.1, 0.15) is 41.0 Å². The summed E-state index contributed by atoms with van der Waals surface area (Å²) in [6.45, 7) is 8.35. The number of esters is 1. The maximum atomic E-state index is 11.9. The smallest absolute Gasteiger partial charge is 0.428 e. The Morgan fingerprint density at radius 1 is 1.25 bits per heavy atom. The molecule has 0 aromatic heterocycles. The monoisotopic (exact) mass is 344 g/mol. The van der Waals surface area contributed by atoms with Gasteiger partial charge in [-0.25, -0.2) is 19.4 Å². The van der Waals surface area contributed by atoms with Gasteiger partial charge in [0.15, 0.2) is 0 Å². The largest absolute Gasteiger partial charge is 0.475 e. The van der Waals surface area contributed by atoms with Crippen molar-refractivity contribution >= 4 is 23.8 Å². The van der Waals surface area contributed by atoms with Crippen molar-refractivity contribution in [2.75, 3.05) is 7.05 Å². The lowest BCUT2D eigenvalue weighted by molar-refractivity contribution is -0.151. The maximum absolute atomic E-state index is 11.9. The van der Waals surface area contributed by atoms with E-state index in [1.165, 1.54) is 7.05 Å². The predicted octanol–water partition coefficient (Wildman–Crippen LogP) is 1.24. The fourth-order valence-corrected chi connectivity index (χ4v) is 1.21. The van der Waals surface area contributed by atoms with Gasteiger partial charge < -0.3 is 14.6 Å². The van der Waals surface area contributed by atoms with Gasteiger partial charge in [0.2, 0.25) is 0 Å². The number of ether oxygens (including phenoxy) is 2. The van der Waals surface area contributed by atoms with Crippen LogP contribution in [0, 0.1) is 0 Å². The van der Waals surface area contributed by atoms with Crippen molar-refractivity contribution in [3.8, 4) is 0 Å². The zero-order valence-corrected chi connectivity index (χ0v) is 14.7. The van der Waals surface area contributed by atoms with Crippen LogP contribution in [-0.2, 0) is 23.9 Å². The van der Waals surface area contributed by atoms with Gasteiger partial charge in [-0.15, -0.1) is 0 Å². The molecule has 0 aliphatic rings.